The summed E-state index contributed by atoms with van der Waals surface area (Å²) in [6.45, 7) is 2.53. The van der Waals surface area contributed by atoms with Gasteiger partial charge in [-0.15, -0.1) is 0 Å². The standard InChI is InChI=1S/C18H24N4O/c1-19-18(23)13-22-9-2-3-14(6-10-22)11-15-4-8-21-17-5-7-20-12-16(15)17/h4-5,7-8,12,14H,2-3,6,9-11,13H2,1H3,(H,19,23)/t14-/m0/s1. The minimum atomic E-state index is 0.106. The lowest BCUT2D eigenvalue weighted by Crippen LogP contribution is -2.36. The average Bonchev–Trinajstić information content (AvgIpc) is 2.80. The molecule has 0 bridgehead atoms. The number of likely N-dealkylation sites (tertiary alicyclic amines) is 1. The van der Waals surface area contributed by atoms with Gasteiger partial charge in [0.25, 0.3) is 0 Å². The molecular formula is C18H24N4O. The van der Waals surface area contributed by atoms with Crippen LogP contribution in [0.5, 0.6) is 0 Å². The topological polar surface area (TPSA) is 58.1 Å². The van der Waals surface area contributed by atoms with Gasteiger partial charge < -0.3 is 5.32 Å². The monoisotopic (exact) mass is 312 g/mol. The molecule has 122 valence electrons. The zero-order chi connectivity index (χ0) is 16.1. The van der Waals surface area contributed by atoms with Crippen LogP contribution in [0.4, 0.5) is 0 Å². The Balaban J connectivity index is 1.65. The molecule has 0 aliphatic carbocycles. The zero-order valence-corrected chi connectivity index (χ0v) is 13.7. The fraction of sp³-hybridized carbons (Fsp3) is 0.500. The molecular weight excluding hydrogens is 288 g/mol. The van der Waals surface area contributed by atoms with E-state index in [1.165, 1.54) is 17.4 Å². The number of carbonyl (C=O) groups is 1. The van der Waals surface area contributed by atoms with Gasteiger partial charge in [-0.3, -0.25) is 19.7 Å². The van der Waals surface area contributed by atoms with Crippen LogP contribution in [0.15, 0.2) is 30.7 Å². The molecule has 0 unspecified atom stereocenters. The minimum absolute atomic E-state index is 0.106. The van der Waals surface area contributed by atoms with E-state index in [-0.39, 0.29) is 5.91 Å². The molecule has 1 amide bonds. The fourth-order valence-corrected chi connectivity index (χ4v) is 3.40. The number of likely N-dealkylation sites (N-methyl/N-ethyl adjacent to an activating group) is 1. The largest absolute Gasteiger partial charge is 0.358 e. The van der Waals surface area contributed by atoms with Gasteiger partial charge in [-0.2, -0.15) is 0 Å². The van der Waals surface area contributed by atoms with Crippen molar-refractivity contribution in [3.63, 3.8) is 0 Å². The van der Waals surface area contributed by atoms with Crippen LogP contribution in [0.25, 0.3) is 10.9 Å². The van der Waals surface area contributed by atoms with Crippen molar-refractivity contribution < 1.29 is 4.79 Å². The molecule has 0 radical (unpaired) electrons. The molecule has 2 aromatic heterocycles. The Morgan fingerprint density at radius 1 is 1.30 bits per heavy atom. The lowest BCUT2D eigenvalue weighted by Gasteiger charge is -2.19. The third-order valence-corrected chi connectivity index (χ3v) is 4.73. The van der Waals surface area contributed by atoms with Crippen molar-refractivity contribution in [2.45, 2.75) is 25.7 Å². The van der Waals surface area contributed by atoms with Crippen LogP contribution in [-0.4, -0.2) is 47.5 Å². The van der Waals surface area contributed by atoms with E-state index in [0.717, 1.165) is 37.9 Å². The van der Waals surface area contributed by atoms with Gasteiger partial charge >= 0.3 is 0 Å². The molecule has 5 heteroatoms. The number of hydrogen-bond donors (Lipinski definition) is 1. The van der Waals surface area contributed by atoms with Gasteiger partial charge in [-0.1, -0.05) is 0 Å². The summed E-state index contributed by atoms with van der Waals surface area (Å²) in [5, 5.41) is 3.88. The average molecular weight is 312 g/mol. The molecule has 1 aliphatic rings. The van der Waals surface area contributed by atoms with E-state index in [4.69, 9.17) is 0 Å². The Kier molecular flexibility index (Phi) is 5.18. The number of nitrogens with one attached hydrogen (secondary N) is 1. The summed E-state index contributed by atoms with van der Waals surface area (Å²) in [5.74, 6) is 0.769. The zero-order valence-electron chi connectivity index (χ0n) is 13.7. The quantitative estimate of drug-likeness (QED) is 0.938. The summed E-state index contributed by atoms with van der Waals surface area (Å²) in [7, 11) is 1.70. The number of fused-ring (bicyclic) bond motifs is 1. The third kappa shape index (κ3) is 4.05. The number of hydrogen-bond acceptors (Lipinski definition) is 4. The van der Waals surface area contributed by atoms with Gasteiger partial charge in [0.2, 0.25) is 5.91 Å². The first-order valence-corrected chi connectivity index (χ1v) is 8.37. The normalized spacial score (nSPS) is 19.4. The van der Waals surface area contributed by atoms with Crippen LogP contribution in [0, 0.1) is 5.92 Å². The van der Waals surface area contributed by atoms with E-state index in [1.54, 1.807) is 13.2 Å². The fourth-order valence-electron chi connectivity index (χ4n) is 3.40. The molecule has 23 heavy (non-hydrogen) atoms. The molecule has 3 heterocycles. The highest BCUT2D eigenvalue weighted by atomic mass is 16.1. The van der Waals surface area contributed by atoms with Gasteiger partial charge in [-0.25, -0.2) is 0 Å². The molecule has 1 aliphatic heterocycles. The highest BCUT2D eigenvalue weighted by Gasteiger charge is 2.19. The lowest BCUT2D eigenvalue weighted by molar-refractivity contribution is -0.121. The van der Waals surface area contributed by atoms with E-state index < -0.39 is 0 Å². The maximum atomic E-state index is 11.5. The maximum Gasteiger partial charge on any atom is 0.233 e. The summed E-state index contributed by atoms with van der Waals surface area (Å²) < 4.78 is 0. The van der Waals surface area contributed by atoms with Gasteiger partial charge in [0.05, 0.1) is 12.1 Å². The number of rotatable bonds is 4. The van der Waals surface area contributed by atoms with Gasteiger partial charge in [0, 0.05) is 31.0 Å². The highest BCUT2D eigenvalue weighted by molar-refractivity contribution is 5.80. The second-order valence-electron chi connectivity index (χ2n) is 6.31. The summed E-state index contributed by atoms with van der Waals surface area (Å²) in [5.41, 5.74) is 2.36. The molecule has 1 N–H and O–H groups in total. The molecule has 5 nitrogen and oxygen atoms in total. The van der Waals surface area contributed by atoms with Crippen molar-refractivity contribution in [3.05, 3.63) is 36.3 Å². The first-order valence-electron chi connectivity index (χ1n) is 8.37. The molecule has 2 aromatic rings. The number of amides is 1. The first-order chi connectivity index (χ1) is 11.3. The summed E-state index contributed by atoms with van der Waals surface area (Å²) in [6.07, 6.45) is 10.2. The molecule has 1 fully saturated rings. The number of carbonyl (C=O) groups excluding carboxylic acids is 1. The molecule has 0 spiro atoms. The van der Waals surface area contributed by atoms with Crippen LogP contribution >= 0.6 is 0 Å². The number of pyridine rings is 2. The highest BCUT2D eigenvalue weighted by Crippen LogP contribution is 2.25. The van der Waals surface area contributed by atoms with Crippen LogP contribution < -0.4 is 5.32 Å². The second-order valence-corrected chi connectivity index (χ2v) is 6.31. The molecule has 0 saturated carbocycles. The predicted molar refractivity (Wildman–Crippen MR) is 91.1 cm³/mol. The third-order valence-electron chi connectivity index (χ3n) is 4.73. The Morgan fingerprint density at radius 3 is 3.09 bits per heavy atom. The second kappa shape index (κ2) is 7.51. The van der Waals surface area contributed by atoms with Crippen molar-refractivity contribution in [1.82, 2.24) is 20.2 Å². The Morgan fingerprint density at radius 2 is 2.22 bits per heavy atom. The van der Waals surface area contributed by atoms with E-state index in [2.05, 4.69) is 26.3 Å². The van der Waals surface area contributed by atoms with Crippen LogP contribution in [0.3, 0.4) is 0 Å². The van der Waals surface area contributed by atoms with Crippen molar-refractivity contribution in [2.24, 2.45) is 5.92 Å². The van der Waals surface area contributed by atoms with E-state index in [1.807, 2.05) is 18.5 Å². The maximum absolute atomic E-state index is 11.5. The van der Waals surface area contributed by atoms with Crippen molar-refractivity contribution >= 4 is 16.8 Å². The van der Waals surface area contributed by atoms with Gasteiger partial charge in [-0.05, 0) is 62.4 Å². The van der Waals surface area contributed by atoms with Crippen LogP contribution in [-0.2, 0) is 11.2 Å². The summed E-state index contributed by atoms with van der Waals surface area (Å²) >= 11 is 0. The first kappa shape index (κ1) is 15.9. The minimum Gasteiger partial charge on any atom is -0.358 e. The van der Waals surface area contributed by atoms with Gasteiger partial charge in [0.1, 0.15) is 0 Å². The van der Waals surface area contributed by atoms with Gasteiger partial charge in [0.15, 0.2) is 0 Å². The summed E-state index contributed by atoms with van der Waals surface area (Å²) in [4.78, 5) is 22.5. The lowest BCUT2D eigenvalue weighted by atomic mass is 9.92. The van der Waals surface area contributed by atoms with E-state index in [9.17, 15) is 4.79 Å². The summed E-state index contributed by atoms with van der Waals surface area (Å²) in [6, 6.07) is 4.09. The Hall–Kier alpha value is -2.01. The number of nitrogens with zero attached hydrogens (tertiary/aromatic N) is 3. The SMILES string of the molecule is CNC(=O)CN1CCC[C@H](Cc2ccnc3ccncc23)CC1. The van der Waals surface area contributed by atoms with Crippen molar-refractivity contribution in [1.29, 1.82) is 0 Å². The molecule has 3 rings (SSSR count). The molecule has 1 saturated heterocycles. The van der Waals surface area contributed by atoms with E-state index in [0.29, 0.717) is 12.5 Å². The predicted octanol–water partition coefficient (Wildman–Crippen LogP) is 2.02. The molecule has 0 aromatic carbocycles. The van der Waals surface area contributed by atoms with Crippen molar-refractivity contribution in [3.8, 4) is 0 Å². The van der Waals surface area contributed by atoms with Crippen molar-refractivity contribution in [2.75, 3.05) is 26.7 Å². The smallest absolute Gasteiger partial charge is 0.233 e. The van der Waals surface area contributed by atoms with Crippen LogP contribution in [0.2, 0.25) is 0 Å². The van der Waals surface area contributed by atoms with E-state index >= 15 is 0 Å². The molecule has 1 atom stereocenters. The van der Waals surface area contributed by atoms with Crippen LogP contribution in [0.1, 0.15) is 24.8 Å². The number of aromatic nitrogens is 2. The Bertz CT molecular complexity index is 668. The Labute approximate surface area is 137 Å².